The summed E-state index contributed by atoms with van der Waals surface area (Å²) in [4.78, 5) is 25.0. The first-order chi connectivity index (χ1) is 10.4. The predicted octanol–water partition coefficient (Wildman–Crippen LogP) is 3.01. The Morgan fingerprint density at radius 1 is 1.39 bits per heavy atom. The number of nitrogens with zero attached hydrogens (tertiary/aromatic N) is 1. The van der Waals surface area contributed by atoms with E-state index in [1.54, 1.807) is 17.5 Å². The molecule has 113 valence electrons. The van der Waals surface area contributed by atoms with Gasteiger partial charge in [-0.3, -0.25) is 4.79 Å². The average molecular weight is 362 g/mol. The second-order valence-electron chi connectivity index (χ2n) is 4.46. The third-order valence-electron chi connectivity index (χ3n) is 3.18. The minimum absolute atomic E-state index is 0. The van der Waals surface area contributed by atoms with Crippen LogP contribution in [0.15, 0.2) is 29.6 Å². The Kier molecular flexibility index (Phi) is 5.17. The van der Waals surface area contributed by atoms with E-state index in [1.165, 1.54) is 11.3 Å². The second-order valence-corrected chi connectivity index (χ2v) is 5.82. The van der Waals surface area contributed by atoms with Crippen molar-refractivity contribution in [3.8, 4) is 0 Å². The number of anilines is 1. The maximum Gasteiger partial charge on any atom is 0.326 e. The van der Waals surface area contributed by atoms with Crippen LogP contribution in [0, 0.1) is 5.82 Å². The first-order valence-electron chi connectivity index (χ1n) is 6.02. The van der Waals surface area contributed by atoms with Crippen molar-refractivity contribution in [1.82, 2.24) is 0 Å². The number of amides is 3. The number of benzene rings is 1. The quantitative estimate of drug-likeness (QED) is 0.465. The summed E-state index contributed by atoms with van der Waals surface area (Å²) in [5.41, 5.74) is 5.12. The largest absolute Gasteiger partial charge is 0.506 e. The second kappa shape index (κ2) is 6.62. The zero-order valence-electron chi connectivity index (χ0n) is 11.8. The van der Waals surface area contributed by atoms with E-state index in [2.05, 4.69) is 0 Å². The van der Waals surface area contributed by atoms with Gasteiger partial charge in [-0.15, -0.1) is 11.3 Å². The van der Waals surface area contributed by atoms with E-state index in [0.29, 0.717) is 9.78 Å². The van der Waals surface area contributed by atoms with Crippen molar-refractivity contribution in [2.75, 3.05) is 4.90 Å². The molecule has 0 atom stereocenters. The minimum atomic E-state index is -1.04. The number of hydrogen-bond donors (Lipinski definition) is 2. The van der Waals surface area contributed by atoms with Crippen molar-refractivity contribution in [3.63, 3.8) is 0 Å². The van der Waals surface area contributed by atoms with E-state index in [-0.39, 0.29) is 57.2 Å². The number of carbonyl (C=O) groups is 2. The van der Waals surface area contributed by atoms with Crippen LogP contribution >= 0.6 is 22.9 Å². The molecule has 0 saturated heterocycles. The molecule has 0 bridgehead atoms. The summed E-state index contributed by atoms with van der Waals surface area (Å²) in [5, 5.41) is 11.8. The Bertz CT molecular complexity index is 839. The smallest absolute Gasteiger partial charge is 0.326 e. The monoisotopic (exact) mass is 361 g/mol. The summed E-state index contributed by atoms with van der Waals surface area (Å²) >= 11 is 6.89. The van der Waals surface area contributed by atoms with Crippen molar-refractivity contribution in [1.29, 1.82) is 0 Å². The van der Waals surface area contributed by atoms with E-state index >= 15 is 0 Å². The fourth-order valence-electron chi connectivity index (χ4n) is 2.24. The molecule has 0 saturated carbocycles. The number of imide groups is 1. The average Bonchev–Trinajstić information content (AvgIpc) is 3.05. The number of rotatable bonds is 1. The Labute approximate surface area is 161 Å². The fraction of sp³-hybridized carbons (Fsp3) is 0. The number of halogens is 2. The summed E-state index contributed by atoms with van der Waals surface area (Å²) in [6, 6.07) is 4.37. The van der Waals surface area contributed by atoms with Crippen LogP contribution in [0.5, 0.6) is 0 Å². The zero-order valence-corrected chi connectivity index (χ0v) is 15.4. The number of hydrogen-bond acceptors (Lipinski definition) is 4. The minimum Gasteiger partial charge on any atom is -0.506 e. The van der Waals surface area contributed by atoms with Crippen molar-refractivity contribution in [2.45, 2.75) is 0 Å². The van der Waals surface area contributed by atoms with Crippen LogP contribution < -0.4 is 10.6 Å². The van der Waals surface area contributed by atoms with Gasteiger partial charge in [0, 0.05) is 35.1 Å². The topological polar surface area (TPSA) is 83.6 Å². The number of primary amides is 1. The van der Waals surface area contributed by atoms with Gasteiger partial charge in [-0.05, 0) is 23.6 Å². The molecule has 1 aliphatic rings. The van der Waals surface area contributed by atoms with Gasteiger partial charge in [0.1, 0.15) is 11.6 Å². The number of aliphatic hydroxyl groups is 1. The molecule has 1 aromatic carbocycles. The number of fused-ring (bicyclic) bond motifs is 1. The van der Waals surface area contributed by atoms with E-state index in [1.807, 2.05) is 0 Å². The fourth-order valence-corrected chi connectivity index (χ4v) is 3.07. The van der Waals surface area contributed by atoms with Gasteiger partial charge in [0.15, 0.2) is 0 Å². The first-order valence-corrected chi connectivity index (χ1v) is 7.28. The number of carbonyl (C=O) groups excluding carboxylic acids is 2. The molecule has 2 heterocycles. The Hall–Kier alpha value is -1.38. The standard InChI is InChI=1S/C14H8ClFN2O3S.Na/c15-7-5-9-6(4-8(7)16)11(13(20)18(9)14(17)21)12(19)10-2-1-3-22-10;/h1-5,19H,(H2,17,21);. The van der Waals surface area contributed by atoms with Crippen LogP contribution in [0.1, 0.15) is 10.4 Å². The number of nitrogens with two attached hydrogens (primary N) is 1. The van der Waals surface area contributed by atoms with Gasteiger partial charge >= 0.3 is 6.03 Å². The summed E-state index contributed by atoms with van der Waals surface area (Å²) < 4.78 is 13.7. The van der Waals surface area contributed by atoms with Crippen LogP contribution in [0.25, 0.3) is 11.3 Å². The third-order valence-corrected chi connectivity index (χ3v) is 4.34. The molecule has 5 nitrogen and oxygen atoms in total. The number of aliphatic hydroxyl groups excluding tert-OH is 1. The summed E-state index contributed by atoms with van der Waals surface area (Å²) in [6.07, 6.45) is 0. The molecule has 3 N–H and O–H groups in total. The predicted molar refractivity (Wildman–Crippen MR) is 88.0 cm³/mol. The molecule has 23 heavy (non-hydrogen) atoms. The van der Waals surface area contributed by atoms with Crippen LogP contribution in [-0.2, 0) is 4.79 Å². The van der Waals surface area contributed by atoms with Gasteiger partial charge in [0.2, 0.25) is 0 Å². The van der Waals surface area contributed by atoms with E-state index in [0.717, 1.165) is 12.1 Å². The summed E-state index contributed by atoms with van der Waals surface area (Å²) in [7, 11) is 0. The van der Waals surface area contributed by atoms with Gasteiger partial charge < -0.3 is 10.8 Å². The maximum absolute atomic E-state index is 13.7. The van der Waals surface area contributed by atoms with Crippen LogP contribution in [0.2, 0.25) is 5.02 Å². The Balaban J connectivity index is 0.00000192. The molecule has 1 radical (unpaired) electrons. The molecule has 0 aliphatic carbocycles. The third kappa shape index (κ3) is 2.90. The first kappa shape index (κ1) is 18.0. The van der Waals surface area contributed by atoms with Crippen LogP contribution in [-0.4, -0.2) is 46.6 Å². The molecule has 0 unspecified atom stereocenters. The zero-order chi connectivity index (χ0) is 16.0. The molecular formula is C14H8ClFN2NaO3S. The normalized spacial score (nSPS) is 15.2. The van der Waals surface area contributed by atoms with Crippen molar-refractivity contribution in [2.24, 2.45) is 5.73 Å². The Morgan fingerprint density at radius 2 is 2.09 bits per heavy atom. The van der Waals surface area contributed by atoms with Gasteiger partial charge in [-0.2, -0.15) is 0 Å². The number of urea groups is 1. The molecule has 2 aromatic rings. The Morgan fingerprint density at radius 3 is 2.65 bits per heavy atom. The van der Waals surface area contributed by atoms with Crippen LogP contribution in [0.4, 0.5) is 14.9 Å². The summed E-state index contributed by atoms with van der Waals surface area (Å²) in [6.45, 7) is 0. The van der Waals surface area contributed by atoms with E-state index < -0.39 is 17.8 Å². The van der Waals surface area contributed by atoms with Crippen molar-refractivity contribution in [3.05, 3.63) is 50.9 Å². The molecular weight excluding hydrogens is 354 g/mol. The number of thiophene rings is 1. The molecule has 0 spiro atoms. The maximum atomic E-state index is 13.7. The van der Waals surface area contributed by atoms with Gasteiger partial charge in [0.05, 0.1) is 21.2 Å². The molecule has 3 rings (SSSR count). The van der Waals surface area contributed by atoms with Crippen molar-refractivity contribution >= 4 is 81.5 Å². The molecule has 1 aromatic heterocycles. The van der Waals surface area contributed by atoms with Crippen molar-refractivity contribution < 1.29 is 19.1 Å². The van der Waals surface area contributed by atoms with E-state index in [4.69, 9.17) is 17.3 Å². The van der Waals surface area contributed by atoms with Gasteiger partial charge in [0.25, 0.3) is 5.91 Å². The molecule has 1 aliphatic heterocycles. The van der Waals surface area contributed by atoms with Crippen LogP contribution in [0.3, 0.4) is 0 Å². The molecule has 3 amide bonds. The van der Waals surface area contributed by atoms with Gasteiger partial charge in [-0.25, -0.2) is 14.1 Å². The SMILES string of the molecule is NC(=O)N1C(=O)C(=C(O)c2cccs2)c2cc(F)c(Cl)cc21.[Na]. The molecule has 0 fully saturated rings. The summed E-state index contributed by atoms with van der Waals surface area (Å²) in [5.74, 6) is -1.93. The van der Waals surface area contributed by atoms with E-state index in [9.17, 15) is 19.1 Å². The van der Waals surface area contributed by atoms with Gasteiger partial charge in [-0.1, -0.05) is 17.7 Å². The molecule has 9 heteroatoms.